The number of benzene rings is 2. The van der Waals surface area contributed by atoms with E-state index in [0.29, 0.717) is 17.4 Å². The van der Waals surface area contributed by atoms with Gasteiger partial charge in [-0.2, -0.15) is 5.10 Å². The summed E-state index contributed by atoms with van der Waals surface area (Å²) in [6.45, 7) is 0.817. The van der Waals surface area contributed by atoms with Crippen molar-refractivity contribution in [2.24, 2.45) is 5.41 Å². The molecule has 1 atom stereocenters. The summed E-state index contributed by atoms with van der Waals surface area (Å²) in [5.74, 6) is -0.144. The van der Waals surface area contributed by atoms with Crippen LogP contribution in [0.25, 0.3) is 0 Å². The van der Waals surface area contributed by atoms with Gasteiger partial charge in [0.2, 0.25) is 16.9 Å². The summed E-state index contributed by atoms with van der Waals surface area (Å²) in [7, 11) is 0. The van der Waals surface area contributed by atoms with Gasteiger partial charge < -0.3 is 31.3 Å². The first-order chi connectivity index (χ1) is 21.8. The molecule has 0 bridgehead atoms. The van der Waals surface area contributed by atoms with Gasteiger partial charge in [-0.05, 0) is 55.0 Å². The largest absolute Gasteiger partial charge is 0.395 e. The predicted molar refractivity (Wildman–Crippen MR) is 171 cm³/mol. The van der Waals surface area contributed by atoms with Gasteiger partial charge in [-0.3, -0.25) is 9.59 Å². The molecule has 0 fully saturated rings. The second-order valence-corrected chi connectivity index (χ2v) is 12.1. The second kappa shape index (κ2) is 16.7. The minimum Gasteiger partial charge on any atom is -0.395 e. The number of rotatable bonds is 17. The molecule has 4 aromatic rings. The maximum atomic E-state index is 12.3. The Morgan fingerprint density at radius 3 is 2.33 bits per heavy atom. The number of carbonyl (C=O) groups is 2. The number of amides is 2. The normalized spacial score (nSPS) is 12.0. The minimum absolute atomic E-state index is 0.138. The number of anilines is 2. The van der Waals surface area contributed by atoms with E-state index in [1.807, 2.05) is 60.7 Å². The van der Waals surface area contributed by atoms with Crippen molar-refractivity contribution in [2.75, 3.05) is 23.8 Å². The summed E-state index contributed by atoms with van der Waals surface area (Å²) in [5, 5.41) is 56.0. The number of hydrogen-bond acceptors (Lipinski definition) is 11. The number of nitrogens with one attached hydrogen (secondary N) is 3. The molecule has 0 spiro atoms. The molecule has 0 saturated heterocycles. The third kappa shape index (κ3) is 10.7. The Morgan fingerprint density at radius 1 is 0.867 bits per heavy atom. The molecular weight excluding hydrogens is 594 g/mol. The highest BCUT2D eigenvalue weighted by atomic mass is 32.1. The van der Waals surface area contributed by atoms with Crippen LogP contribution in [0.3, 0.4) is 0 Å². The Balaban J connectivity index is 1.15. The number of carbonyl (C=O) groups excluding carboxylic acids is 2. The van der Waals surface area contributed by atoms with Crippen LogP contribution in [-0.4, -0.2) is 67.0 Å². The zero-order valence-corrected chi connectivity index (χ0v) is 26.0. The van der Waals surface area contributed by atoms with Crippen molar-refractivity contribution in [1.29, 1.82) is 0 Å². The molecule has 2 aromatic carbocycles. The molecule has 0 aliphatic heterocycles. The quantitative estimate of drug-likeness (QED) is 0.0747. The first-order valence-electron chi connectivity index (χ1n) is 14.8. The van der Waals surface area contributed by atoms with Crippen molar-refractivity contribution in [3.8, 4) is 0 Å². The molecule has 4 rings (SSSR count). The van der Waals surface area contributed by atoms with Crippen molar-refractivity contribution in [1.82, 2.24) is 25.7 Å². The van der Waals surface area contributed by atoms with Crippen LogP contribution >= 0.6 is 11.3 Å². The molecule has 13 heteroatoms. The highest BCUT2D eigenvalue weighted by molar-refractivity contribution is 7.15. The fourth-order valence-electron chi connectivity index (χ4n) is 4.40. The third-order valence-corrected chi connectivity index (χ3v) is 8.06. The van der Waals surface area contributed by atoms with Crippen LogP contribution in [0.15, 0.2) is 66.7 Å². The van der Waals surface area contributed by atoms with Crippen LogP contribution in [0.2, 0.25) is 0 Å². The first kappa shape index (κ1) is 33.6. The summed E-state index contributed by atoms with van der Waals surface area (Å²) in [6, 6.07) is 20.6. The smallest absolute Gasteiger partial charge is 0.230 e. The van der Waals surface area contributed by atoms with E-state index in [9.17, 15) is 24.9 Å². The zero-order chi connectivity index (χ0) is 32.1. The van der Waals surface area contributed by atoms with Gasteiger partial charge in [-0.25, -0.2) is 0 Å². The minimum atomic E-state index is -1.25. The first-order valence-corrected chi connectivity index (χ1v) is 15.6. The summed E-state index contributed by atoms with van der Waals surface area (Å²) in [6.07, 6.45) is 2.98. The van der Waals surface area contributed by atoms with Crippen molar-refractivity contribution in [2.45, 2.75) is 58.2 Å². The fourth-order valence-corrected chi connectivity index (χ4v) is 5.22. The Kier molecular flexibility index (Phi) is 12.5. The van der Waals surface area contributed by atoms with Crippen LogP contribution < -0.4 is 16.0 Å². The molecule has 45 heavy (non-hydrogen) atoms. The van der Waals surface area contributed by atoms with E-state index in [1.54, 1.807) is 6.07 Å². The Hall–Kier alpha value is -4.30. The number of aryl methyl sites for hydroxylation is 2. The van der Waals surface area contributed by atoms with Crippen molar-refractivity contribution >= 4 is 34.1 Å². The van der Waals surface area contributed by atoms with Crippen LogP contribution in [0, 0.1) is 5.41 Å². The average molecular weight is 634 g/mol. The second-order valence-electron chi connectivity index (χ2n) is 11.1. The molecule has 2 amide bonds. The van der Waals surface area contributed by atoms with Gasteiger partial charge >= 0.3 is 0 Å². The highest BCUT2D eigenvalue weighted by Crippen LogP contribution is 2.20. The molecule has 0 aliphatic rings. The maximum Gasteiger partial charge on any atom is 0.230 e. The number of unbranched alkanes of at least 4 members (excludes halogenated alkanes) is 1. The van der Waals surface area contributed by atoms with Crippen LogP contribution in [0.5, 0.6) is 0 Å². The summed E-state index contributed by atoms with van der Waals surface area (Å²) in [4.78, 5) is 24.5. The number of hydrogen-bond donors (Lipinski definition) is 6. The lowest BCUT2D eigenvalue weighted by Crippen LogP contribution is -2.43. The number of nitrogens with zero attached hydrogens (tertiary/aromatic N) is 4. The maximum absolute atomic E-state index is 12.3. The zero-order valence-electron chi connectivity index (χ0n) is 25.1. The van der Waals surface area contributed by atoms with Crippen LogP contribution in [-0.2, 0) is 41.8 Å². The monoisotopic (exact) mass is 633 g/mol. The van der Waals surface area contributed by atoms with Crippen molar-refractivity contribution in [3.63, 3.8) is 0 Å². The Bertz CT molecular complexity index is 1510. The number of aliphatic hydroxyl groups excluding tert-OH is 3. The molecular formula is C32H39N7O5S. The molecule has 6 N–H and O–H groups in total. The average Bonchev–Trinajstić information content (AvgIpc) is 3.49. The lowest BCUT2D eigenvalue weighted by atomic mass is 9.92. The number of aromatic nitrogens is 4. The van der Waals surface area contributed by atoms with Gasteiger partial charge in [-0.1, -0.05) is 65.9 Å². The molecule has 0 aliphatic carbocycles. The van der Waals surface area contributed by atoms with Gasteiger partial charge in [0.25, 0.3) is 0 Å². The molecule has 0 saturated carbocycles. The standard InChI is InChI=1S/C32H39N7O5S/c1-32(20-40,21-41)30(44)33-19-24-11-7-10-23(16-24)18-28(43)35-31-39-38-29(45-31)13-6-5-12-25-14-15-26(37-36-25)34-27(42)17-22-8-3-2-4-9-22/h2-4,7-11,14-16,28,40-41,43H,5-6,12-13,17-21H2,1H3,(H,33,44)(H,35,39)(H,34,37,42). The number of aliphatic hydroxyl groups is 3. The molecule has 238 valence electrons. The van der Waals surface area contributed by atoms with Crippen LogP contribution in [0.1, 0.15) is 47.2 Å². The van der Waals surface area contributed by atoms with E-state index >= 15 is 0 Å². The van der Waals surface area contributed by atoms with Gasteiger partial charge in [0.1, 0.15) is 11.2 Å². The van der Waals surface area contributed by atoms with Gasteiger partial charge in [0.15, 0.2) is 5.82 Å². The van der Waals surface area contributed by atoms with E-state index < -0.39 is 30.8 Å². The van der Waals surface area contributed by atoms with Crippen LogP contribution in [0.4, 0.5) is 10.9 Å². The van der Waals surface area contributed by atoms with Gasteiger partial charge in [0, 0.05) is 19.4 Å². The Morgan fingerprint density at radius 2 is 1.60 bits per heavy atom. The molecule has 1 unspecified atom stereocenters. The topological polar surface area (TPSA) is 182 Å². The van der Waals surface area contributed by atoms with Crippen molar-refractivity contribution < 1.29 is 24.9 Å². The van der Waals surface area contributed by atoms with E-state index in [1.165, 1.54) is 18.3 Å². The molecule has 2 aromatic heterocycles. The summed E-state index contributed by atoms with van der Waals surface area (Å²) >= 11 is 1.40. The van der Waals surface area contributed by atoms with E-state index in [-0.39, 0.29) is 18.9 Å². The lowest BCUT2D eigenvalue weighted by Gasteiger charge is -2.23. The van der Waals surface area contributed by atoms with Gasteiger partial charge in [0.05, 0.1) is 30.7 Å². The van der Waals surface area contributed by atoms with E-state index in [0.717, 1.165) is 53.1 Å². The van der Waals surface area contributed by atoms with Crippen molar-refractivity contribution in [3.05, 3.63) is 94.1 Å². The van der Waals surface area contributed by atoms with E-state index in [4.69, 9.17) is 0 Å². The summed E-state index contributed by atoms with van der Waals surface area (Å²) < 4.78 is 0. The molecule has 2 heterocycles. The highest BCUT2D eigenvalue weighted by Gasteiger charge is 2.31. The Labute approximate surface area is 266 Å². The molecule has 0 radical (unpaired) electrons. The van der Waals surface area contributed by atoms with E-state index in [2.05, 4.69) is 36.3 Å². The molecule has 12 nitrogen and oxygen atoms in total. The van der Waals surface area contributed by atoms with Gasteiger partial charge in [-0.15, -0.1) is 15.3 Å². The third-order valence-electron chi connectivity index (χ3n) is 7.14. The predicted octanol–water partition coefficient (Wildman–Crippen LogP) is 2.65. The fraction of sp³-hybridized carbons (Fsp3) is 0.375. The lowest BCUT2D eigenvalue weighted by molar-refractivity contribution is -0.135. The summed E-state index contributed by atoms with van der Waals surface area (Å²) in [5.41, 5.74) is 2.23. The SMILES string of the molecule is CC(CO)(CO)C(=O)NCc1cccc(CC(O)Nc2nnc(CCCCc3ccc(NC(=O)Cc4ccccc4)nn3)s2)c1.